The second-order valence-corrected chi connectivity index (χ2v) is 6.55. The van der Waals surface area contributed by atoms with E-state index in [1.165, 1.54) is 12.1 Å². The summed E-state index contributed by atoms with van der Waals surface area (Å²) in [5.74, 6) is 0.767. The van der Waals surface area contributed by atoms with Gasteiger partial charge in [-0.1, -0.05) is 12.1 Å². The standard InChI is InChI=1S/C23H21FN4O2/c1-16-10-19(15-29-2)22(12-25)23(27-16)28-26-13-17-6-8-21(9-7-17)30-14-18-4-3-5-20(24)11-18/h3-11,13H,14-15H2,1-2H3,(H,27,28)/b26-13+. The Kier molecular flexibility index (Phi) is 7.09. The van der Waals surface area contributed by atoms with Gasteiger partial charge in [-0.25, -0.2) is 9.37 Å². The molecular formula is C23H21FN4O2. The number of aryl methyl sites for hydroxylation is 1. The molecule has 7 heteroatoms. The first-order valence-corrected chi connectivity index (χ1v) is 9.25. The molecule has 0 amide bonds. The van der Waals surface area contributed by atoms with E-state index in [0.29, 0.717) is 23.7 Å². The largest absolute Gasteiger partial charge is 0.489 e. The Morgan fingerprint density at radius 1 is 1.17 bits per heavy atom. The van der Waals surface area contributed by atoms with Crippen LogP contribution in [0.5, 0.6) is 5.75 Å². The number of hydrogen-bond acceptors (Lipinski definition) is 6. The average Bonchev–Trinajstić information content (AvgIpc) is 2.73. The quantitative estimate of drug-likeness (QED) is 0.439. The minimum Gasteiger partial charge on any atom is -0.489 e. The summed E-state index contributed by atoms with van der Waals surface area (Å²) in [4.78, 5) is 4.34. The third kappa shape index (κ3) is 5.63. The SMILES string of the molecule is COCc1cc(C)nc(N/N=C/c2ccc(OCc3cccc(F)c3)cc2)c1C#N. The van der Waals surface area contributed by atoms with Gasteiger partial charge in [-0.3, -0.25) is 5.43 Å². The van der Waals surface area contributed by atoms with Crippen LogP contribution >= 0.6 is 0 Å². The van der Waals surface area contributed by atoms with Crippen LogP contribution in [0, 0.1) is 24.1 Å². The van der Waals surface area contributed by atoms with Crippen LogP contribution < -0.4 is 10.2 Å². The van der Waals surface area contributed by atoms with E-state index in [2.05, 4.69) is 21.6 Å². The number of ether oxygens (including phenoxy) is 2. The van der Waals surface area contributed by atoms with Crippen LogP contribution in [0.4, 0.5) is 10.2 Å². The van der Waals surface area contributed by atoms with Crippen molar-refractivity contribution in [3.8, 4) is 11.8 Å². The van der Waals surface area contributed by atoms with Crippen molar-refractivity contribution in [3.63, 3.8) is 0 Å². The number of nitrogens with zero attached hydrogens (tertiary/aromatic N) is 3. The summed E-state index contributed by atoms with van der Waals surface area (Å²) in [5, 5.41) is 13.6. The molecule has 1 heterocycles. The minimum atomic E-state index is -0.285. The Labute approximate surface area is 174 Å². The first-order chi connectivity index (χ1) is 14.6. The molecule has 0 saturated carbocycles. The van der Waals surface area contributed by atoms with Crippen LogP contribution in [-0.2, 0) is 18.0 Å². The maximum atomic E-state index is 13.2. The maximum Gasteiger partial charge on any atom is 0.164 e. The highest BCUT2D eigenvalue weighted by Crippen LogP contribution is 2.19. The summed E-state index contributed by atoms with van der Waals surface area (Å²) in [6, 6.07) is 17.6. The number of pyridine rings is 1. The van der Waals surface area contributed by atoms with Gasteiger partial charge in [-0.2, -0.15) is 10.4 Å². The Hall–Kier alpha value is -3.76. The average molecular weight is 404 g/mol. The van der Waals surface area contributed by atoms with E-state index in [4.69, 9.17) is 9.47 Å². The number of hydrazone groups is 1. The van der Waals surface area contributed by atoms with Crippen LogP contribution in [0.15, 0.2) is 59.7 Å². The van der Waals surface area contributed by atoms with Crippen molar-refractivity contribution in [1.82, 2.24) is 4.98 Å². The molecule has 3 rings (SSSR count). The van der Waals surface area contributed by atoms with Gasteiger partial charge < -0.3 is 9.47 Å². The number of halogens is 1. The van der Waals surface area contributed by atoms with Gasteiger partial charge in [0.25, 0.3) is 0 Å². The summed E-state index contributed by atoms with van der Waals surface area (Å²) in [6.45, 7) is 2.45. The Morgan fingerprint density at radius 2 is 1.97 bits per heavy atom. The molecule has 0 fully saturated rings. The molecule has 0 bridgehead atoms. The van der Waals surface area contributed by atoms with E-state index in [9.17, 15) is 9.65 Å². The topological polar surface area (TPSA) is 79.5 Å². The molecule has 152 valence electrons. The van der Waals surface area contributed by atoms with Crippen molar-refractivity contribution in [3.05, 3.63) is 88.4 Å². The van der Waals surface area contributed by atoms with E-state index >= 15 is 0 Å². The van der Waals surface area contributed by atoms with Crippen molar-refractivity contribution in [2.75, 3.05) is 12.5 Å². The molecule has 1 N–H and O–H groups in total. The molecule has 6 nitrogen and oxygen atoms in total. The van der Waals surface area contributed by atoms with E-state index in [-0.39, 0.29) is 12.4 Å². The zero-order valence-electron chi connectivity index (χ0n) is 16.7. The number of benzene rings is 2. The second kappa shape index (κ2) is 10.1. The number of hydrogen-bond donors (Lipinski definition) is 1. The predicted molar refractivity (Wildman–Crippen MR) is 113 cm³/mol. The van der Waals surface area contributed by atoms with Crippen LogP contribution in [0.25, 0.3) is 0 Å². The number of anilines is 1. The molecule has 30 heavy (non-hydrogen) atoms. The Morgan fingerprint density at radius 3 is 2.67 bits per heavy atom. The van der Waals surface area contributed by atoms with Crippen LogP contribution in [0.3, 0.4) is 0 Å². The Balaban J connectivity index is 1.62. The fraction of sp³-hybridized carbons (Fsp3) is 0.174. The maximum absolute atomic E-state index is 13.2. The van der Waals surface area contributed by atoms with Gasteiger partial charge in [-0.05, 0) is 60.5 Å². The van der Waals surface area contributed by atoms with Crippen LogP contribution in [0.2, 0.25) is 0 Å². The smallest absolute Gasteiger partial charge is 0.164 e. The zero-order chi connectivity index (χ0) is 21.3. The molecule has 2 aromatic carbocycles. The summed E-state index contributed by atoms with van der Waals surface area (Å²) in [7, 11) is 1.58. The number of rotatable bonds is 8. The lowest BCUT2D eigenvalue weighted by Crippen LogP contribution is -2.03. The second-order valence-electron chi connectivity index (χ2n) is 6.55. The molecule has 0 radical (unpaired) electrons. The van der Waals surface area contributed by atoms with Gasteiger partial charge >= 0.3 is 0 Å². The molecule has 0 unspecified atom stereocenters. The lowest BCUT2D eigenvalue weighted by molar-refractivity contribution is 0.184. The molecule has 1 aromatic heterocycles. The molecule has 0 aliphatic carbocycles. The number of nitriles is 1. The third-order valence-corrected chi connectivity index (χ3v) is 4.20. The normalized spacial score (nSPS) is 10.7. The molecule has 3 aromatic rings. The highest BCUT2D eigenvalue weighted by molar-refractivity contribution is 5.80. The van der Waals surface area contributed by atoms with Crippen molar-refractivity contribution in [2.24, 2.45) is 5.10 Å². The van der Waals surface area contributed by atoms with Crippen molar-refractivity contribution >= 4 is 12.0 Å². The lowest BCUT2D eigenvalue weighted by Gasteiger charge is -2.09. The minimum absolute atomic E-state index is 0.284. The summed E-state index contributed by atoms with van der Waals surface area (Å²) >= 11 is 0. The van der Waals surface area contributed by atoms with Gasteiger partial charge in [0, 0.05) is 18.4 Å². The first-order valence-electron chi connectivity index (χ1n) is 9.25. The summed E-state index contributed by atoms with van der Waals surface area (Å²) in [5.41, 5.74) is 6.35. The fourth-order valence-electron chi connectivity index (χ4n) is 2.83. The van der Waals surface area contributed by atoms with E-state index in [1.54, 1.807) is 19.4 Å². The van der Waals surface area contributed by atoms with E-state index in [0.717, 1.165) is 22.4 Å². The first kappa shape index (κ1) is 21.0. The predicted octanol–water partition coefficient (Wildman–Crippen LogP) is 4.57. The van der Waals surface area contributed by atoms with Gasteiger partial charge in [0.1, 0.15) is 29.8 Å². The molecule has 0 spiro atoms. The molecule has 0 saturated heterocycles. The molecule has 0 atom stereocenters. The Bertz CT molecular complexity index is 1080. The van der Waals surface area contributed by atoms with Gasteiger partial charge in [0.2, 0.25) is 0 Å². The monoisotopic (exact) mass is 404 g/mol. The lowest BCUT2D eigenvalue weighted by atomic mass is 10.1. The third-order valence-electron chi connectivity index (χ3n) is 4.20. The summed E-state index contributed by atoms with van der Waals surface area (Å²) in [6.07, 6.45) is 1.62. The van der Waals surface area contributed by atoms with Crippen molar-refractivity contribution < 1.29 is 13.9 Å². The highest BCUT2D eigenvalue weighted by atomic mass is 19.1. The van der Waals surface area contributed by atoms with Gasteiger partial charge in [-0.15, -0.1) is 0 Å². The number of methoxy groups -OCH3 is 1. The van der Waals surface area contributed by atoms with E-state index < -0.39 is 0 Å². The van der Waals surface area contributed by atoms with Crippen molar-refractivity contribution in [1.29, 1.82) is 5.26 Å². The number of nitrogens with one attached hydrogen (secondary N) is 1. The molecule has 0 aliphatic heterocycles. The fourth-order valence-corrected chi connectivity index (χ4v) is 2.83. The molecule has 0 aliphatic rings. The molecular weight excluding hydrogens is 383 g/mol. The van der Waals surface area contributed by atoms with Crippen molar-refractivity contribution in [2.45, 2.75) is 20.1 Å². The van der Waals surface area contributed by atoms with Crippen LogP contribution in [-0.4, -0.2) is 18.3 Å². The van der Waals surface area contributed by atoms with Crippen LogP contribution in [0.1, 0.15) is 27.9 Å². The zero-order valence-corrected chi connectivity index (χ0v) is 16.7. The highest BCUT2D eigenvalue weighted by Gasteiger charge is 2.10. The van der Waals surface area contributed by atoms with Gasteiger partial charge in [0.05, 0.1) is 12.8 Å². The van der Waals surface area contributed by atoms with Gasteiger partial charge in [0.15, 0.2) is 5.82 Å². The van der Waals surface area contributed by atoms with E-state index in [1.807, 2.05) is 43.3 Å². The number of aromatic nitrogens is 1. The summed E-state index contributed by atoms with van der Waals surface area (Å²) < 4.78 is 24.0.